The van der Waals surface area contributed by atoms with Gasteiger partial charge >= 0.3 is 0 Å². The molecule has 1 atom stereocenters. The van der Waals surface area contributed by atoms with Crippen LogP contribution in [0.5, 0.6) is 0 Å². The molecule has 1 saturated carbocycles. The molecule has 108 valence electrons. The van der Waals surface area contributed by atoms with Crippen LogP contribution in [0.15, 0.2) is 12.1 Å². The highest BCUT2D eigenvalue weighted by atomic mass is 35.5. The summed E-state index contributed by atoms with van der Waals surface area (Å²) in [6.45, 7) is 0. The molecule has 0 aliphatic heterocycles. The summed E-state index contributed by atoms with van der Waals surface area (Å²) < 4.78 is 6.75. The minimum atomic E-state index is -0.137. The third-order valence-electron chi connectivity index (χ3n) is 4.23. The van der Waals surface area contributed by atoms with Crippen LogP contribution in [0.3, 0.4) is 0 Å². The largest absolute Gasteiger partial charge is 0.377 e. The zero-order valence-corrected chi connectivity index (χ0v) is 13.0. The van der Waals surface area contributed by atoms with E-state index >= 15 is 0 Å². The topological polar surface area (TPSA) is 47.3 Å². The third-order valence-corrected chi connectivity index (χ3v) is 5.48. The number of hydrogen-bond donors (Lipinski definition) is 2. The first kappa shape index (κ1) is 15.3. The van der Waals surface area contributed by atoms with Crippen molar-refractivity contribution >= 4 is 22.9 Å². The van der Waals surface area contributed by atoms with Crippen LogP contribution in [-0.4, -0.2) is 18.8 Å². The summed E-state index contributed by atoms with van der Waals surface area (Å²) in [5, 5.41) is 0. The van der Waals surface area contributed by atoms with Gasteiger partial charge in [0, 0.05) is 18.4 Å². The van der Waals surface area contributed by atoms with Gasteiger partial charge in [-0.2, -0.15) is 0 Å². The maximum Gasteiger partial charge on any atom is 0.0931 e. The molecule has 2 rings (SSSR count). The van der Waals surface area contributed by atoms with Gasteiger partial charge in [0.25, 0.3) is 0 Å². The second-order valence-corrected chi connectivity index (χ2v) is 7.11. The van der Waals surface area contributed by atoms with Crippen LogP contribution in [0.4, 0.5) is 0 Å². The van der Waals surface area contributed by atoms with Crippen LogP contribution in [0.25, 0.3) is 0 Å². The molecule has 1 aromatic heterocycles. The maximum absolute atomic E-state index is 6.00. The molecule has 5 heteroatoms. The lowest BCUT2D eigenvalue weighted by molar-refractivity contribution is -0.0525. The molecule has 1 fully saturated rings. The third kappa shape index (κ3) is 3.70. The van der Waals surface area contributed by atoms with Crippen molar-refractivity contribution in [3.8, 4) is 0 Å². The predicted octanol–water partition coefficient (Wildman–Crippen LogP) is 3.52. The number of hydrogen-bond acceptors (Lipinski definition) is 4. The van der Waals surface area contributed by atoms with Crippen LogP contribution in [0.1, 0.15) is 43.4 Å². The molecule has 19 heavy (non-hydrogen) atoms. The Morgan fingerprint density at radius 3 is 2.53 bits per heavy atom. The molecule has 1 aromatic rings. The maximum atomic E-state index is 6.00. The summed E-state index contributed by atoms with van der Waals surface area (Å²) in [7, 11) is 1.82. The summed E-state index contributed by atoms with van der Waals surface area (Å²) in [6, 6.07) is 4.17. The summed E-state index contributed by atoms with van der Waals surface area (Å²) in [5.41, 5.74) is 2.85. The average molecular weight is 303 g/mol. The van der Waals surface area contributed by atoms with E-state index in [0.29, 0.717) is 0 Å². The molecular weight excluding hydrogens is 280 g/mol. The van der Waals surface area contributed by atoms with Gasteiger partial charge in [-0.3, -0.25) is 11.3 Å². The minimum absolute atomic E-state index is 0.137. The van der Waals surface area contributed by atoms with Crippen molar-refractivity contribution in [2.24, 2.45) is 5.84 Å². The summed E-state index contributed by atoms with van der Waals surface area (Å²) in [4.78, 5) is 1.26. The zero-order chi connectivity index (χ0) is 13.7. The molecule has 1 aliphatic carbocycles. The highest BCUT2D eigenvalue weighted by Crippen LogP contribution is 2.35. The number of hydrazine groups is 1. The summed E-state index contributed by atoms with van der Waals surface area (Å²) in [5.74, 6) is 5.81. The quantitative estimate of drug-likeness (QED) is 0.497. The lowest BCUT2D eigenvalue weighted by atomic mass is 9.84. The molecule has 1 aliphatic rings. The van der Waals surface area contributed by atoms with Crippen molar-refractivity contribution in [3.05, 3.63) is 21.3 Å². The molecule has 3 nitrogen and oxygen atoms in total. The Morgan fingerprint density at radius 2 is 2.05 bits per heavy atom. The Balaban J connectivity index is 2.12. The number of methoxy groups -OCH3 is 1. The van der Waals surface area contributed by atoms with Crippen molar-refractivity contribution in [2.45, 2.75) is 56.6 Å². The lowest BCUT2D eigenvalue weighted by Gasteiger charge is -2.38. The van der Waals surface area contributed by atoms with Gasteiger partial charge in [0.15, 0.2) is 0 Å². The van der Waals surface area contributed by atoms with E-state index in [2.05, 4.69) is 11.5 Å². The van der Waals surface area contributed by atoms with E-state index in [4.69, 9.17) is 22.2 Å². The molecule has 0 spiro atoms. The Labute approximate surface area is 124 Å². The highest BCUT2D eigenvalue weighted by Gasteiger charge is 2.38. The first-order chi connectivity index (χ1) is 9.20. The van der Waals surface area contributed by atoms with Crippen molar-refractivity contribution in [1.29, 1.82) is 0 Å². The van der Waals surface area contributed by atoms with Gasteiger partial charge in [0.2, 0.25) is 0 Å². The van der Waals surface area contributed by atoms with Gasteiger partial charge in [0.05, 0.1) is 16.0 Å². The first-order valence-corrected chi connectivity index (χ1v) is 8.15. The fourth-order valence-electron chi connectivity index (χ4n) is 3.08. The number of ether oxygens (including phenoxy) is 1. The van der Waals surface area contributed by atoms with E-state index in [1.165, 1.54) is 30.6 Å². The molecule has 0 aromatic carbocycles. The average Bonchev–Trinajstić information content (AvgIpc) is 2.69. The first-order valence-electron chi connectivity index (χ1n) is 6.96. The van der Waals surface area contributed by atoms with E-state index in [0.717, 1.165) is 23.6 Å². The van der Waals surface area contributed by atoms with Crippen LogP contribution in [0, 0.1) is 0 Å². The van der Waals surface area contributed by atoms with E-state index in [1.807, 2.05) is 13.2 Å². The Bertz CT molecular complexity index is 389. The monoisotopic (exact) mass is 302 g/mol. The van der Waals surface area contributed by atoms with Gasteiger partial charge in [0.1, 0.15) is 0 Å². The van der Waals surface area contributed by atoms with E-state index in [9.17, 15) is 0 Å². The highest BCUT2D eigenvalue weighted by molar-refractivity contribution is 7.16. The number of rotatable bonds is 5. The van der Waals surface area contributed by atoms with Crippen LogP contribution in [0.2, 0.25) is 4.34 Å². The summed E-state index contributed by atoms with van der Waals surface area (Å²) in [6.07, 6.45) is 8.07. The van der Waals surface area contributed by atoms with Crippen molar-refractivity contribution in [3.63, 3.8) is 0 Å². The molecule has 0 amide bonds. The number of halogens is 1. The van der Waals surface area contributed by atoms with E-state index < -0.39 is 0 Å². The van der Waals surface area contributed by atoms with Gasteiger partial charge in [-0.25, -0.2) is 0 Å². The normalized spacial score (nSPS) is 21.0. The molecule has 1 heterocycles. The van der Waals surface area contributed by atoms with Crippen molar-refractivity contribution in [2.75, 3.05) is 7.11 Å². The second kappa shape index (κ2) is 7.04. The standard InChI is InChI=1S/C14H23ClN2OS/c1-18-14(8-4-2-3-5-9-14)12(17-16)10-11-6-7-13(15)19-11/h6-7,12,17H,2-5,8-10,16H2,1H3. The Kier molecular flexibility index (Phi) is 5.66. The van der Waals surface area contributed by atoms with Gasteiger partial charge in [-0.1, -0.05) is 37.3 Å². The second-order valence-electron chi connectivity index (χ2n) is 5.31. The predicted molar refractivity (Wildman–Crippen MR) is 81.6 cm³/mol. The zero-order valence-electron chi connectivity index (χ0n) is 11.5. The summed E-state index contributed by atoms with van der Waals surface area (Å²) >= 11 is 7.63. The van der Waals surface area contributed by atoms with Gasteiger partial charge in [-0.15, -0.1) is 11.3 Å². The number of nitrogens with one attached hydrogen (secondary N) is 1. The van der Waals surface area contributed by atoms with Crippen LogP contribution in [-0.2, 0) is 11.2 Å². The SMILES string of the molecule is COC1(C(Cc2ccc(Cl)s2)NN)CCCCCC1. The molecule has 1 unspecified atom stereocenters. The smallest absolute Gasteiger partial charge is 0.0931 e. The van der Waals surface area contributed by atoms with Gasteiger partial charge < -0.3 is 4.74 Å². The number of thiophene rings is 1. The molecule has 0 radical (unpaired) electrons. The fraction of sp³-hybridized carbons (Fsp3) is 0.714. The fourth-order valence-corrected chi connectivity index (χ4v) is 4.21. The van der Waals surface area contributed by atoms with Crippen LogP contribution >= 0.6 is 22.9 Å². The van der Waals surface area contributed by atoms with E-state index in [1.54, 1.807) is 11.3 Å². The molecule has 0 bridgehead atoms. The lowest BCUT2D eigenvalue weighted by Crippen LogP contribution is -2.55. The van der Waals surface area contributed by atoms with Gasteiger partial charge in [-0.05, 0) is 25.0 Å². The van der Waals surface area contributed by atoms with Crippen LogP contribution < -0.4 is 11.3 Å². The minimum Gasteiger partial charge on any atom is -0.377 e. The Hall–Kier alpha value is -0.130. The number of nitrogens with two attached hydrogens (primary N) is 1. The van der Waals surface area contributed by atoms with Crippen molar-refractivity contribution in [1.82, 2.24) is 5.43 Å². The molecule has 3 N–H and O–H groups in total. The molecular formula is C14H23ClN2OS. The molecule has 0 saturated heterocycles. The Morgan fingerprint density at radius 1 is 1.37 bits per heavy atom. The van der Waals surface area contributed by atoms with E-state index in [-0.39, 0.29) is 11.6 Å². The van der Waals surface area contributed by atoms with Crippen molar-refractivity contribution < 1.29 is 4.74 Å².